The Kier molecular flexibility index (Phi) is 11.2. The van der Waals surface area contributed by atoms with Crippen LogP contribution in [0.5, 0.6) is 0 Å². The van der Waals surface area contributed by atoms with Crippen LogP contribution in [0.2, 0.25) is 0 Å². The maximum Gasteiger partial charge on any atom is 0.416 e. The SMILES string of the molecule is NCCCCN1C(=O)N(CCCCN)C(Cc2cc(C(F)(F)F)cc(C(F)(F)F)c2)(Cc2cc(C(F)(F)F)cc(C(F)(F)F)c2)C1=O. The molecule has 262 valence electrons. The smallest absolute Gasteiger partial charge is 0.330 e. The molecule has 2 aromatic rings. The largest absolute Gasteiger partial charge is 0.416 e. The average Bonchev–Trinajstić information content (AvgIpc) is 3.12. The lowest BCUT2D eigenvalue weighted by molar-refractivity contribution is -0.144. The van der Waals surface area contributed by atoms with Crippen molar-refractivity contribution in [3.05, 3.63) is 69.8 Å². The topological polar surface area (TPSA) is 92.7 Å². The van der Waals surface area contributed by atoms with Crippen LogP contribution in [0.1, 0.15) is 59.1 Å². The minimum atomic E-state index is -5.32. The first-order valence-corrected chi connectivity index (χ1v) is 14.1. The molecule has 6 nitrogen and oxygen atoms in total. The second kappa shape index (κ2) is 13.9. The molecule has 0 atom stereocenters. The van der Waals surface area contributed by atoms with Crippen LogP contribution in [0.15, 0.2) is 36.4 Å². The molecule has 0 unspecified atom stereocenters. The van der Waals surface area contributed by atoms with Crippen LogP contribution in [0.3, 0.4) is 0 Å². The number of carbonyl (C=O) groups excluding carboxylic acids is 2. The van der Waals surface area contributed by atoms with Crippen molar-refractivity contribution in [3.8, 4) is 0 Å². The van der Waals surface area contributed by atoms with Gasteiger partial charge in [-0.2, -0.15) is 52.7 Å². The fourth-order valence-electron chi connectivity index (χ4n) is 5.44. The summed E-state index contributed by atoms with van der Waals surface area (Å²) in [5.74, 6) is -1.22. The molecule has 3 rings (SSSR count). The molecule has 2 aromatic carbocycles. The number of nitrogens with zero attached hydrogens (tertiary/aromatic N) is 2. The Hall–Kier alpha value is -3.54. The van der Waals surface area contributed by atoms with Gasteiger partial charge in [-0.25, -0.2) is 4.79 Å². The van der Waals surface area contributed by atoms with Gasteiger partial charge < -0.3 is 16.4 Å². The number of hydrogen-bond donors (Lipinski definition) is 2. The molecule has 47 heavy (non-hydrogen) atoms. The van der Waals surface area contributed by atoms with Gasteiger partial charge in [0, 0.05) is 25.9 Å². The Morgan fingerprint density at radius 3 is 1.19 bits per heavy atom. The first-order chi connectivity index (χ1) is 21.5. The van der Waals surface area contributed by atoms with Crippen molar-refractivity contribution in [2.24, 2.45) is 11.5 Å². The van der Waals surface area contributed by atoms with Crippen LogP contribution in [0.4, 0.5) is 57.5 Å². The Labute approximate surface area is 260 Å². The highest BCUT2D eigenvalue weighted by atomic mass is 19.4. The van der Waals surface area contributed by atoms with Crippen molar-refractivity contribution >= 4 is 11.9 Å². The van der Waals surface area contributed by atoms with E-state index >= 15 is 0 Å². The van der Waals surface area contributed by atoms with Gasteiger partial charge in [0.25, 0.3) is 5.91 Å². The number of halogens is 12. The van der Waals surface area contributed by atoms with E-state index in [-0.39, 0.29) is 81.7 Å². The van der Waals surface area contributed by atoms with E-state index in [1.54, 1.807) is 0 Å². The third-order valence-corrected chi connectivity index (χ3v) is 7.58. The van der Waals surface area contributed by atoms with Gasteiger partial charge in [-0.05, 0) is 86.3 Å². The maximum absolute atomic E-state index is 14.1. The number of alkyl halides is 12. The fourth-order valence-corrected chi connectivity index (χ4v) is 5.44. The number of hydrogen-bond acceptors (Lipinski definition) is 4. The third kappa shape index (κ3) is 8.88. The van der Waals surface area contributed by atoms with Crippen molar-refractivity contribution in [3.63, 3.8) is 0 Å². The molecule has 4 N–H and O–H groups in total. The molecule has 0 radical (unpaired) electrons. The summed E-state index contributed by atoms with van der Waals surface area (Å²) in [6.07, 6.45) is -22.9. The van der Waals surface area contributed by atoms with Crippen LogP contribution >= 0.6 is 0 Å². The Morgan fingerprint density at radius 1 is 0.532 bits per heavy atom. The summed E-state index contributed by atoms with van der Waals surface area (Å²) in [7, 11) is 0. The molecular weight excluding hydrogens is 664 g/mol. The lowest BCUT2D eigenvalue weighted by Gasteiger charge is -2.36. The zero-order chi connectivity index (χ0) is 35.6. The molecule has 3 amide bonds. The number of imide groups is 1. The summed E-state index contributed by atoms with van der Waals surface area (Å²) in [6.45, 7) is -0.576. The number of nitrogens with two attached hydrogens (primary N) is 2. The molecule has 18 heteroatoms. The van der Waals surface area contributed by atoms with Crippen molar-refractivity contribution in [1.82, 2.24) is 9.80 Å². The van der Waals surface area contributed by atoms with Gasteiger partial charge in [-0.15, -0.1) is 0 Å². The highest BCUT2D eigenvalue weighted by Gasteiger charge is 2.57. The minimum Gasteiger partial charge on any atom is -0.330 e. The van der Waals surface area contributed by atoms with E-state index in [2.05, 4.69) is 0 Å². The molecule has 1 aliphatic rings. The van der Waals surface area contributed by atoms with Crippen LogP contribution in [0, 0.1) is 0 Å². The van der Waals surface area contributed by atoms with E-state index in [1.807, 2.05) is 0 Å². The standard InChI is InChI=1S/C29H30F12N4O2/c30-26(31,32)19-9-17(10-20(13-19)27(33,34)35)15-25(16-18-11-21(28(36,37)38)14-22(12-18)29(39,40)41)23(46)44(7-3-1-5-42)24(47)45(25)8-4-2-6-43/h9-14H,1-8,15-16,42-43H2. The van der Waals surface area contributed by atoms with E-state index in [1.165, 1.54) is 0 Å². The lowest BCUT2D eigenvalue weighted by atomic mass is 9.81. The quantitative estimate of drug-likeness (QED) is 0.142. The molecule has 1 heterocycles. The van der Waals surface area contributed by atoms with Gasteiger partial charge in [0.1, 0.15) is 5.54 Å². The van der Waals surface area contributed by atoms with Gasteiger partial charge in [-0.3, -0.25) is 9.69 Å². The lowest BCUT2D eigenvalue weighted by Crippen LogP contribution is -2.53. The number of benzene rings is 2. The summed E-state index contributed by atoms with van der Waals surface area (Å²) >= 11 is 0. The van der Waals surface area contributed by atoms with Gasteiger partial charge in [0.15, 0.2) is 0 Å². The van der Waals surface area contributed by atoms with Crippen molar-refractivity contribution in [1.29, 1.82) is 0 Å². The molecule has 1 fully saturated rings. The number of urea groups is 1. The van der Waals surface area contributed by atoms with Crippen LogP contribution in [-0.2, 0) is 42.3 Å². The molecule has 0 aliphatic carbocycles. The van der Waals surface area contributed by atoms with Crippen LogP contribution in [0.25, 0.3) is 0 Å². The van der Waals surface area contributed by atoms with Gasteiger partial charge in [0.2, 0.25) is 0 Å². The molecular formula is C29H30F12N4O2. The summed E-state index contributed by atoms with van der Waals surface area (Å²) < 4.78 is 165. The van der Waals surface area contributed by atoms with E-state index in [0.717, 1.165) is 4.90 Å². The second-order valence-corrected chi connectivity index (χ2v) is 11.1. The Bertz CT molecular complexity index is 1290. The molecule has 1 aliphatic heterocycles. The first kappa shape index (κ1) is 37.9. The van der Waals surface area contributed by atoms with E-state index in [0.29, 0.717) is 4.90 Å². The first-order valence-electron chi connectivity index (χ1n) is 14.1. The summed E-state index contributed by atoms with van der Waals surface area (Å²) in [6, 6.07) is -0.283. The van der Waals surface area contributed by atoms with Crippen molar-refractivity contribution in [2.75, 3.05) is 26.2 Å². The normalized spacial score (nSPS) is 16.0. The Balaban J connectivity index is 2.34. The summed E-state index contributed by atoms with van der Waals surface area (Å²) in [4.78, 5) is 29.2. The van der Waals surface area contributed by atoms with Gasteiger partial charge >= 0.3 is 30.7 Å². The zero-order valence-electron chi connectivity index (χ0n) is 24.4. The van der Waals surface area contributed by atoms with Crippen molar-refractivity contribution in [2.45, 2.75) is 68.8 Å². The molecule has 0 aromatic heterocycles. The maximum atomic E-state index is 14.1. The van der Waals surface area contributed by atoms with E-state index in [9.17, 15) is 62.3 Å². The predicted octanol–water partition coefficient (Wildman–Crippen LogP) is 7.03. The van der Waals surface area contributed by atoms with Gasteiger partial charge in [-0.1, -0.05) is 0 Å². The van der Waals surface area contributed by atoms with E-state index in [4.69, 9.17) is 11.5 Å². The number of amides is 3. The molecule has 0 spiro atoms. The highest BCUT2D eigenvalue weighted by molar-refractivity contribution is 6.07. The van der Waals surface area contributed by atoms with Gasteiger partial charge in [0.05, 0.1) is 22.3 Å². The third-order valence-electron chi connectivity index (χ3n) is 7.58. The van der Waals surface area contributed by atoms with E-state index < -0.39 is 94.9 Å². The summed E-state index contributed by atoms with van der Waals surface area (Å²) in [5, 5.41) is 0. The zero-order valence-corrected chi connectivity index (χ0v) is 24.4. The molecule has 0 saturated carbocycles. The Morgan fingerprint density at radius 2 is 0.872 bits per heavy atom. The van der Waals surface area contributed by atoms with Crippen LogP contribution in [-0.4, -0.2) is 53.5 Å². The number of unbranched alkanes of at least 4 members (excludes halogenated alkanes) is 2. The minimum absolute atomic E-state index is 0.0285. The molecule has 0 bridgehead atoms. The highest BCUT2D eigenvalue weighted by Crippen LogP contribution is 2.42. The number of rotatable bonds is 12. The average molecular weight is 695 g/mol. The molecule has 1 saturated heterocycles. The van der Waals surface area contributed by atoms with Crippen LogP contribution < -0.4 is 11.5 Å². The fraction of sp³-hybridized carbons (Fsp3) is 0.517. The predicted molar refractivity (Wildman–Crippen MR) is 143 cm³/mol. The monoisotopic (exact) mass is 694 g/mol. The summed E-state index contributed by atoms with van der Waals surface area (Å²) in [5.41, 5.74) is -0.236. The number of carbonyl (C=O) groups is 2. The van der Waals surface area contributed by atoms with Crippen molar-refractivity contribution < 1.29 is 62.3 Å². The second-order valence-electron chi connectivity index (χ2n) is 11.1.